The Hall–Kier alpha value is -2.09. The molecule has 8 heteroatoms. The highest BCUT2D eigenvalue weighted by Gasteiger charge is 2.38. The van der Waals surface area contributed by atoms with Gasteiger partial charge in [0.05, 0.1) is 0 Å². The van der Waals surface area contributed by atoms with Gasteiger partial charge in [0, 0.05) is 30.9 Å². The largest absolute Gasteiger partial charge is 0.471 e. The number of nitrogens with one attached hydrogen (secondary N) is 1. The normalized spacial score (nSPS) is 18.6. The molecule has 1 N–H and O–H groups in total. The summed E-state index contributed by atoms with van der Waals surface area (Å²) in [5.41, 5.74) is 1.48. The van der Waals surface area contributed by atoms with Crippen molar-refractivity contribution in [3.8, 4) is 11.4 Å². The first-order chi connectivity index (χ1) is 10.4. The standard InChI is InChI=1S/C14H15F3N4O/c1-21(11-6-7-18-8-11)10-4-2-9(3-5-10)12-19-13(22-20-12)14(15,16)17/h2-5,11,18H,6-8H2,1H3. The van der Waals surface area contributed by atoms with E-state index in [1.54, 1.807) is 12.1 Å². The summed E-state index contributed by atoms with van der Waals surface area (Å²) in [5.74, 6) is -1.40. The van der Waals surface area contributed by atoms with E-state index in [1.165, 1.54) is 0 Å². The minimum Gasteiger partial charge on any atom is -0.370 e. The van der Waals surface area contributed by atoms with Crippen LogP contribution in [0.1, 0.15) is 12.3 Å². The first-order valence-corrected chi connectivity index (χ1v) is 6.90. The first kappa shape index (κ1) is 14.8. The van der Waals surface area contributed by atoms with Gasteiger partial charge in [0.25, 0.3) is 0 Å². The third kappa shape index (κ3) is 2.92. The highest BCUT2D eigenvalue weighted by atomic mass is 19.4. The molecule has 0 spiro atoms. The summed E-state index contributed by atoms with van der Waals surface area (Å²) < 4.78 is 41.6. The monoisotopic (exact) mass is 312 g/mol. The number of alkyl halides is 3. The summed E-state index contributed by atoms with van der Waals surface area (Å²) in [4.78, 5) is 5.53. The molecular weight excluding hydrogens is 297 g/mol. The molecule has 0 aliphatic carbocycles. The average molecular weight is 312 g/mol. The summed E-state index contributed by atoms with van der Waals surface area (Å²) >= 11 is 0. The maximum atomic E-state index is 12.5. The summed E-state index contributed by atoms with van der Waals surface area (Å²) in [6.45, 7) is 1.92. The van der Waals surface area contributed by atoms with Crippen LogP contribution in [0.15, 0.2) is 28.8 Å². The molecule has 1 fully saturated rings. The Balaban J connectivity index is 1.77. The zero-order chi connectivity index (χ0) is 15.7. The predicted molar refractivity (Wildman–Crippen MR) is 74.4 cm³/mol. The van der Waals surface area contributed by atoms with E-state index in [-0.39, 0.29) is 5.82 Å². The van der Waals surface area contributed by atoms with Crippen molar-refractivity contribution in [2.45, 2.75) is 18.6 Å². The second-order valence-electron chi connectivity index (χ2n) is 5.23. The van der Waals surface area contributed by atoms with Crippen molar-refractivity contribution < 1.29 is 17.7 Å². The Morgan fingerprint density at radius 3 is 2.55 bits per heavy atom. The predicted octanol–water partition coefficient (Wildman–Crippen LogP) is 2.55. The molecule has 0 saturated carbocycles. The van der Waals surface area contributed by atoms with Crippen LogP contribution in [0.2, 0.25) is 0 Å². The SMILES string of the molecule is CN(c1ccc(-c2noc(C(F)(F)F)n2)cc1)C1CCNC1. The molecule has 0 bridgehead atoms. The van der Waals surface area contributed by atoms with E-state index in [9.17, 15) is 13.2 Å². The number of nitrogens with zero attached hydrogens (tertiary/aromatic N) is 3. The van der Waals surface area contributed by atoms with Gasteiger partial charge >= 0.3 is 12.1 Å². The van der Waals surface area contributed by atoms with Crippen LogP contribution in [0.25, 0.3) is 11.4 Å². The van der Waals surface area contributed by atoms with Gasteiger partial charge in [0.2, 0.25) is 5.82 Å². The Kier molecular flexibility index (Phi) is 3.78. The van der Waals surface area contributed by atoms with E-state index in [0.29, 0.717) is 11.6 Å². The fourth-order valence-electron chi connectivity index (χ4n) is 2.48. The van der Waals surface area contributed by atoms with E-state index >= 15 is 0 Å². The smallest absolute Gasteiger partial charge is 0.370 e. The van der Waals surface area contributed by atoms with Crippen molar-refractivity contribution in [3.05, 3.63) is 30.2 Å². The minimum absolute atomic E-state index is 0.0657. The van der Waals surface area contributed by atoms with Crippen LogP contribution in [0, 0.1) is 0 Å². The van der Waals surface area contributed by atoms with Gasteiger partial charge in [-0.25, -0.2) is 0 Å². The minimum atomic E-state index is -4.62. The number of likely N-dealkylation sites (N-methyl/N-ethyl adjacent to an activating group) is 1. The van der Waals surface area contributed by atoms with E-state index in [1.807, 2.05) is 19.2 Å². The second kappa shape index (κ2) is 5.60. The van der Waals surface area contributed by atoms with Crippen LogP contribution in [-0.4, -0.2) is 36.3 Å². The summed E-state index contributed by atoms with van der Waals surface area (Å²) in [5, 5.41) is 6.67. The molecule has 1 aliphatic rings. The fourth-order valence-corrected chi connectivity index (χ4v) is 2.48. The van der Waals surface area contributed by atoms with Gasteiger partial charge in [-0.05, 0) is 37.2 Å². The van der Waals surface area contributed by atoms with Crippen molar-refractivity contribution >= 4 is 5.69 Å². The van der Waals surface area contributed by atoms with Crippen molar-refractivity contribution in [3.63, 3.8) is 0 Å². The quantitative estimate of drug-likeness (QED) is 0.944. The van der Waals surface area contributed by atoms with Gasteiger partial charge in [-0.2, -0.15) is 18.2 Å². The lowest BCUT2D eigenvalue weighted by Crippen LogP contribution is -2.33. The average Bonchev–Trinajstić information content (AvgIpc) is 3.17. The number of aromatic nitrogens is 2. The maximum absolute atomic E-state index is 12.5. The molecule has 3 rings (SSSR count). The summed E-state index contributed by atoms with van der Waals surface area (Å²) in [7, 11) is 2.00. The summed E-state index contributed by atoms with van der Waals surface area (Å²) in [6.07, 6.45) is -3.56. The number of hydrogen-bond acceptors (Lipinski definition) is 5. The molecule has 2 aromatic rings. The number of anilines is 1. The van der Waals surface area contributed by atoms with Gasteiger partial charge in [0.1, 0.15) is 0 Å². The molecule has 1 aromatic carbocycles. The molecule has 5 nitrogen and oxygen atoms in total. The van der Waals surface area contributed by atoms with Gasteiger partial charge in [-0.1, -0.05) is 5.16 Å². The molecule has 22 heavy (non-hydrogen) atoms. The Bertz CT molecular complexity index is 632. The van der Waals surface area contributed by atoms with Crippen LogP contribution in [0.3, 0.4) is 0 Å². The lowest BCUT2D eigenvalue weighted by Gasteiger charge is -2.26. The van der Waals surface area contributed by atoms with Crippen LogP contribution < -0.4 is 10.2 Å². The zero-order valence-electron chi connectivity index (χ0n) is 11.9. The zero-order valence-corrected chi connectivity index (χ0v) is 11.9. The number of benzene rings is 1. The van der Waals surface area contributed by atoms with Crippen LogP contribution >= 0.6 is 0 Å². The van der Waals surface area contributed by atoms with Crippen molar-refractivity contribution in [1.29, 1.82) is 0 Å². The Labute approximate surface area is 125 Å². The van der Waals surface area contributed by atoms with E-state index in [0.717, 1.165) is 25.2 Å². The highest BCUT2D eigenvalue weighted by molar-refractivity contribution is 5.60. The molecule has 1 saturated heterocycles. The molecule has 1 unspecified atom stereocenters. The third-order valence-electron chi connectivity index (χ3n) is 3.78. The van der Waals surface area contributed by atoms with Gasteiger partial charge in [0.15, 0.2) is 0 Å². The summed E-state index contributed by atoms with van der Waals surface area (Å²) in [6, 6.07) is 7.50. The van der Waals surface area contributed by atoms with Gasteiger partial charge in [-0.3, -0.25) is 0 Å². The van der Waals surface area contributed by atoms with Gasteiger partial charge in [-0.15, -0.1) is 0 Å². The Morgan fingerprint density at radius 2 is 2.00 bits per heavy atom. The highest BCUT2D eigenvalue weighted by Crippen LogP contribution is 2.30. The van der Waals surface area contributed by atoms with Crippen molar-refractivity contribution in [1.82, 2.24) is 15.5 Å². The molecule has 118 valence electrons. The molecule has 0 radical (unpaired) electrons. The van der Waals surface area contributed by atoms with Crippen LogP contribution in [0.5, 0.6) is 0 Å². The lowest BCUT2D eigenvalue weighted by atomic mass is 10.1. The molecule has 1 atom stereocenters. The van der Waals surface area contributed by atoms with Crippen LogP contribution in [-0.2, 0) is 6.18 Å². The fraction of sp³-hybridized carbons (Fsp3) is 0.429. The Morgan fingerprint density at radius 1 is 1.27 bits per heavy atom. The van der Waals surface area contributed by atoms with E-state index in [4.69, 9.17) is 0 Å². The van der Waals surface area contributed by atoms with Crippen LogP contribution in [0.4, 0.5) is 18.9 Å². The maximum Gasteiger partial charge on any atom is 0.471 e. The topological polar surface area (TPSA) is 54.2 Å². The van der Waals surface area contributed by atoms with Crippen molar-refractivity contribution in [2.75, 3.05) is 25.0 Å². The molecule has 2 heterocycles. The molecule has 0 amide bonds. The third-order valence-corrected chi connectivity index (χ3v) is 3.78. The number of hydrogen-bond donors (Lipinski definition) is 1. The van der Waals surface area contributed by atoms with Gasteiger partial charge < -0.3 is 14.7 Å². The number of halogens is 3. The van der Waals surface area contributed by atoms with E-state index < -0.39 is 12.1 Å². The molecule has 1 aromatic heterocycles. The lowest BCUT2D eigenvalue weighted by molar-refractivity contribution is -0.159. The first-order valence-electron chi connectivity index (χ1n) is 6.90. The van der Waals surface area contributed by atoms with Crippen molar-refractivity contribution in [2.24, 2.45) is 0 Å². The molecular formula is C14H15F3N4O. The van der Waals surface area contributed by atoms with E-state index in [2.05, 4.69) is 24.9 Å². The second-order valence-corrected chi connectivity index (χ2v) is 5.23. The number of rotatable bonds is 3. The molecule has 1 aliphatic heterocycles.